The van der Waals surface area contributed by atoms with Crippen molar-refractivity contribution in [3.05, 3.63) is 52.9 Å². The number of fused-ring (bicyclic) bond motifs is 1. The maximum absolute atomic E-state index is 12.8. The summed E-state index contributed by atoms with van der Waals surface area (Å²) in [4.78, 5) is 0. The van der Waals surface area contributed by atoms with Crippen molar-refractivity contribution in [2.45, 2.75) is 0 Å². The predicted octanol–water partition coefficient (Wildman–Crippen LogP) is 3.30. The summed E-state index contributed by atoms with van der Waals surface area (Å²) in [6.07, 6.45) is 1.83. The molecular formula is C12H7BrFN3. The summed E-state index contributed by atoms with van der Waals surface area (Å²) in [5.74, 6) is -0.257. The first kappa shape index (κ1) is 10.4. The van der Waals surface area contributed by atoms with Gasteiger partial charge in [-0.15, -0.1) is 5.10 Å². The van der Waals surface area contributed by atoms with Crippen molar-refractivity contribution in [1.29, 1.82) is 0 Å². The van der Waals surface area contributed by atoms with Gasteiger partial charge in [0.2, 0.25) is 0 Å². The predicted molar refractivity (Wildman–Crippen MR) is 66.1 cm³/mol. The molecule has 0 unspecified atom stereocenters. The quantitative estimate of drug-likeness (QED) is 0.689. The second kappa shape index (κ2) is 3.92. The van der Waals surface area contributed by atoms with E-state index >= 15 is 0 Å². The molecule has 2 heterocycles. The van der Waals surface area contributed by atoms with Crippen LogP contribution >= 0.6 is 15.9 Å². The summed E-state index contributed by atoms with van der Waals surface area (Å²) in [6, 6.07) is 10.1. The second-order valence-corrected chi connectivity index (χ2v) is 4.54. The van der Waals surface area contributed by atoms with Gasteiger partial charge in [0.25, 0.3) is 0 Å². The van der Waals surface area contributed by atoms with E-state index in [1.54, 1.807) is 16.6 Å². The van der Waals surface area contributed by atoms with E-state index in [9.17, 15) is 4.39 Å². The zero-order chi connectivity index (χ0) is 11.8. The minimum absolute atomic E-state index is 0.257. The summed E-state index contributed by atoms with van der Waals surface area (Å²) in [6.45, 7) is 0. The van der Waals surface area contributed by atoms with Crippen molar-refractivity contribution in [3.8, 4) is 11.3 Å². The molecule has 2 aromatic heterocycles. The van der Waals surface area contributed by atoms with E-state index in [0.717, 1.165) is 21.2 Å². The highest BCUT2D eigenvalue weighted by Gasteiger charge is 2.08. The van der Waals surface area contributed by atoms with Gasteiger partial charge in [0.1, 0.15) is 11.5 Å². The Balaban J connectivity index is 2.21. The van der Waals surface area contributed by atoms with Gasteiger partial charge in [-0.2, -0.15) is 0 Å². The van der Waals surface area contributed by atoms with Gasteiger partial charge in [0.15, 0.2) is 0 Å². The number of halogens is 2. The lowest BCUT2D eigenvalue weighted by atomic mass is 10.1. The van der Waals surface area contributed by atoms with Crippen LogP contribution in [-0.4, -0.2) is 14.8 Å². The fourth-order valence-corrected chi connectivity index (χ4v) is 2.01. The molecule has 5 heteroatoms. The third kappa shape index (κ3) is 1.82. The molecule has 0 saturated heterocycles. The highest BCUT2D eigenvalue weighted by Crippen LogP contribution is 2.23. The summed E-state index contributed by atoms with van der Waals surface area (Å²) in [5, 5.41) is 8.13. The van der Waals surface area contributed by atoms with E-state index in [2.05, 4.69) is 26.2 Å². The van der Waals surface area contributed by atoms with Gasteiger partial charge in [0, 0.05) is 16.2 Å². The lowest BCUT2D eigenvalue weighted by molar-refractivity contribution is 0.628. The second-order valence-electron chi connectivity index (χ2n) is 3.62. The van der Waals surface area contributed by atoms with Gasteiger partial charge in [-0.3, -0.25) is 0 Å². The molecule has 0 radical (unpaired) electrons. The van der Waals surface area contributed by atoms with Crippen LogP contribution in [-0.2, 0) is 0 Å². The van der Waals surface area contributed by atoms with Crippen LogP contribution in [0, 0.1) is 5.82 Å². The van der Waals surface area contributed by atoms with Crippen molar-refractivity contribution < 1.29 is 4.39 Å². The summed E-state index contributed by atoms with van der Waals surface area (Å²) in [7, 11) is 0. The van der Waals surface area contributed by atoms with E-state index in [1.807, 2.05) is 18.3 Å². The molecule has 17 heavy (non-hydrogen) atoms. The Morgan fingerprint density at radius 3 is 2.59 bits per heavy atom. The Labute approximate surface area is 105 Å². The highest BCUT2D eigenvalue weighted by atomic mass is 79.9. The van der Waals surface area contributed by atoms with Gasteiger partial charge in [-0.25, -0.2) is 8.91 Å². The zero-order valence-electron chi connectivity index (χ0n) is 8.64. The SMILES string of the molecule is Fc1ccc(-c2nnn3cc(Br)ccc23)cc1. The molecule has 0 fully saturated rings. The molecule has 0 spiro atoms. The average Bonchev–Trinajstić information content (AvgIpc) is 2.73. The van der Waals surface area contributed by atoms with Gasteiger partial charge in [-0.05, 0) is 52.3 Å². The molecule has 0 saturated carbocycles. The number of pyridine rings is 1. The third-order valence-corrected chi connectivity index (χ3v) is 2.96. The molecule has 0 aliphatic heterocycles. The number of hydrogen-bond acceptors (Lipinski definition) is 2. The van der Waals surface area contributed by atoms with Crippen LogP contribution in [0.3, 0.4) is 0 Å². The average molecular weight is 292 g/mol. The van der Waals surface area contributed by atoms with Gasteiger partial charge in [-0.1, -0.05) is 5.21 Å². The van der Waals surface area contributed by atoms with E-state index in [4.69, 9.17) is 0 Å². The van der Waals surface area contributed by atoms with Crippen LogP contribution in [0.1, 0.15) is 0 Å². The lowest BCUT2D eigenvalue weighted by Crippen LogP contribution is -1.85. The number of hydrogen-bond donors (Lipinski definition) is 0. The monoisotopic (exact) mass is 291 g/mol. The van der Waals surface area contributed by atoms with Crippen molar-refractivity contribution in [3.63, 3.8) is 0 Å². The van der Waals surface area contributed by atoms with E-state index in [1.165, 1.54) is 12.1 Å². The summed E-state index contributed by atoms with van der Waals surface area (Å²) < 4.78 is 15.5. The Kier molecular flexibility index (Phi) is 2.40. The minimum atomic E-state index is -0.257. The zero-order valence-corrected chi connectivity index (χ0v) is 10.2. The topological polar surface area (TPSA) is 30.2 Å². The van der Waals surface area contributed by atoms with E-state index in [-0.39, 0.29) is 5.82 Å². The van der Waals surface area contributed by atoms with Crippen LogP contribution in [0.4, 0.5) is 4.39 Å². The van der Waals surface area contributed by atoms with Gasteiger partial charge < -0.3 is 0 Å². The Hall–Kier alpha value is -1.75. The Bertz CT molecular complexity index is 676. The Morgan fingerprint density at radius 2 is 1.82 bits per heavy atom. The number of nitrogens with zero attached hydrogens (tertiary/aromatic N) is 3. The fourth-order valence-electron chi connectivity index (χ4n) is 1.68. The molecule has 1 aromatic carbocycles. The molecule has 3 nitrogen and oxygen atoms in total. The van der Waals surface area contributed by atoms with Crippen LogP contribution in [0.25, 0.3) is 16.8 Å². The van der Waals surface area contributed by atoms with Crippen LogP contribution in [0.5, 0.6) is 0 Å². The molecule has 0 atom stereocenters. The maximum Gasteiger partial charge on any atom is 0.123 e. The number of benzene rings is 1. The molecule has 3 aromatic rings. The normalized spacial score (nSPS) is 10.9. The first-order valence-corrected chi connectivity index (χ1v) is 5.80. The van der Waals surface area contributed by atoms with E-state index in [0.29, 0.717) is 0 Å². The smallest absolute Gasteiger partial charge is 0.123 e. The third-order valence-electron chi connectivity index (χ3n) is 2.49. The van der Waals surface area contributed by atoms with Crippen molar-refractivity contribution in [1.82, 2.24) is 14.8 Å². The maximum atomic E-state index is 12.8. The summed E-state index contributed by atoms with van der Waals surface area (Å²) >= 11 is 3.37. The standard InChI is InChI=1S/C12H7BrFN3/c13-9-3-6-11-12(15-16-17(11)7-9)8-1-4-10(14)5-2-8/h1-7H. The van der Waals surface area contributed by atoms with Crippen LogP contribution in [0.2, 0.25) is 0 Å². The lowest BCUT2D eigenvalue weighted by Gasteiger charge is -1.97. The van der Waals surface area contributed by atoms with Crippen molar-refractivity contribution in [2.24, 2.45) is 0 Å². The first-order valence-electron chi connectivity index (χ1n) is 5.00. The van der Waals surface area contributed by atoms with Crippen molar-refractivity contribution >= 4 is 21.4 Å². The molecule has 0 aliphatic rings. The first-order chi connectivity index (χ1) is 8.24. The fraction of sp³-hybridized carbons (Fsp3) is 0. The number of aromatic nitrogens is 3. The van der Waals surface area contributed by atoms with Crippen LogP contribution < -0.4 is 0 Å². The van der Waals surface area contributed by atoms with Gasteiger partial charge >= 0.3 is 0 Å². The van der Waals surface area contributed by atoms with E-state index < -0.39 is 0 Å². The minimum Gasteiger partial charge on any atom is -0.219 e. The van der Waals surface area contributed by atoms with Crippen molar-refractivity contribution in [2.75, 3.05) is 0 Å². The molecule has 0 amide bonds. The van der Waals surface area contributed by atoms with Crippen LogP contribution in [0.15, 0.2) is 47.1 Å². The highest BCUT2D eigenvalue weighted by molar-refractivity contribution is 9.10. The summed E-state index contributed by atoms with van der Waals surface area (Å²) in [5.41, 5.74) is 2.49. The molecule has 0 N–H and O–H groups in total. The Morgan fingerprint density at radius 1 is 1.06 bits per heavy atom. The molecule has 3 rings (SSSR count). The molecule has 0 bridgehead atoms. The molecule has 84 valence electrons. The largest absolute Gasteiger partial charge is 0.219 e. The molecule has 0 aliphatic carbocycles. The number of rotatable bonds is 1. The molecular weight excluding hydrogens is 285 g/mol. The van der Waals surface area contributed by atoms with Gasteiger partial charge in [0.05, 0.1) is 5.52 Å².